The highest BCUT2D eigenvalue weighted by atomic mass is 16.2. The molecule has 4 nitrogen and oxygen atoms in total. The zero-order valence-corrected chi connectivity index (χ0v) is 13.6. The standard InChI is InChI=1S/C19H22N2O2/c1-21(2)19(23)12-11-16-9-6-10-17(13-16)20-18(22)14-15-7-4-3-5-8-15/h3-10,13H,11-12,14H2,1-2H3,(H,20,22). The van der Waals surface area contributed by atoms with Crippen LogP contribution in [-0.2, 0) is 22.4 Å². The van der Waals surface area contributed by atoms with E-state index in [1.807, 2.05) is 54.6 Å². The molecule has 2 rings (SSSR count). The predicted molar refractivity (Wildman–Crippen MR) is 92.2 cm³/mol. The molecule has 0 aromatic heterocycles. The van der Waals surface area contributed by atoms with Crippen molar-refractivity contribution in [3.05, 3.63) is 65.7 Å². The first-order valence-electron chi connectivity index (χ1n) is 7.67. The summed E-state index contributed by atoms with van der Waals surface area (Å²) >= 11 is 0. The molecule has 0 unspecified atom stereocenters. The van der Waals surface area contributed by atoms with Crippen molar-refractivity contribution in [3.63, 3.8) is 0 Å². The maximum Gasteiger partial charge on any atom is 0.228 e. The third-order valence-corrected chi connectivity index (χ3v) is 3.54. The number of anilines is 1. The Kier molecular flexibility index (Phi) is 5.92. The van der Waals surface area contributed by atoms with Gasteiger partial charge in [-0.2, -0.15) is 0 Å². The van der Waals surface area contributed by atoms with Crippen molar-refractivity contribution in [2.75, 3.05) is 19.4 Å². The van der Waals surface area contributed by atoms with Crippen molar-refractivity contribution in [1.29, 1.82) is 0 Å². The number of carbonyl (C=O) groups is 2. The van der Waals surface area contributed by atoms with Crippen molar-refractivity contribution < 1.29 is 9.59 Å². The van der Waals surface area contributed by atoms with E-state index in [0.717, 1.165) is 16.8 Å². The fraction of sp³-hybridized carbons (Fsp3) is 0.263. The maximum atomic E-state index is 12.1. The number of benzene rings is 2. The third-order valence-electron chi connectivity index (χ3n) is 3.54. The third kappa shape index (κ3) is 5.58. The van der Waals surface area contributed by atoms with Crippen LogP contribution in [0.3, 0.4) is 0 Å². The van der Waals surface area contributed by atoms with E-state index in [1.54, 1.807) is 19.0 Å². The Morgan fingerprint density at radius 3 is 2.35 bits per heavy atom. The number of carbonyl (C=O) groups excluding carboxylic acids is 2. The second-order valence-electron chi connectivity index (χ2n) is 5.70. The summed E-state index contributed by atoms with van der Waals surface area (Å²) in [6.07, 6.45) is 1.48. The maximum absolute atomic E-state index is 12.1. The number of amides is 2. The highest BCUT2D eigenvalue weighted by Crippen LogP contribution is 2.13. The lowest BCUT2D eigenvalue weighted by Gasteiger charge is -2.11. The Hall–Kier alpha value is -2.62. The second-order valence-corrected chi connectivity index (χ2v) is 5.70. The molecule has 4 heteroatoms. The quantitative estimate of drug-likeness (QED) is 0.892. The normalized spacial score (nSPS) is 10.2. The molecule has 2 amide bonds. The number of hydrogen-bond donors (Lipinski definition) is 1. The van der Waals surface area contributed by atoms with E-state index in [9.17, 15) is 9.59 Å². The van der Waals surface area contributed by atoms with Gasteiger partial charge in [0.15, 0.2) is 0 Å². The molecule has 120 valence electrons. The van der Waals surface area contributed by atoms with E-state index in [4.69, 9.17) is 0 Å². The number of rotatable bonds is 6. The smallest absolute Gasteiger partial charge is 0.228 e. The van der Waals surface area contributed by atoms with E-state index in [-0.39, 0.29) is 11.8 Å². The molecule has 0 radical (unpaired) electrons. The first-order chi connectivity index (χ1) is 11.0. The van der Waals surface area contributed by atoms with Gasteiger partial charge in [0.05, 0.1) is 6.42 Å². The summed E-state index contributed by atoms with van der Waals surface area (Å²) in [4.78, 5) is 25.3. The topological polar surface area (TPSA) is 49.4 Å². The van der Waals surface area contributed by atoms with Crippen LogP contribution >= 0.6 is 0 Å². The Morgan fingerprint density at radius 1 is 0.957 bits per heavy atom. The molecular weight excluding hydrogens is 288 g/mol. The fourth-order valence-corrected chi connectivity index (χ4v) is 2.27. The first kappa shape index (κ1) is 16.7. The summed E-state index contributed by atoms with van der Waals surface area (Å²) in [5, 5.41) is 2.91. The minimum absolute atomic E-state index is 0.0438. The lowest BCUT2D eigenvalue weighted by Crippen LogP contribution is -2.21. The molecule has 0 aliphatic carbocycles. The number of nitrogens with one attached hydrogen (secondary N) is 1. The van der Waals surface area contributed by atoms with Crippen molar-refractivity contribution in [1.82, 2.24) is 4.90 Å². The SMILES string of the molecule is CN(C)C(=O)CCc1cccc(NC(=O)Cc2ccccc2)c1. The molecule has 0 heterocycles. The van der Waals surface area contributed by atoms with Crippen molar-refractivity contribution in [2.24, 2.45) is 0 Å². The first-order valence-corrected chi connectivity index (χ1v) is 7.67. The van der Waals surface area contributed by atoms with Crippen LogP contribution < -0.4 is 5.32 Å². The highest BCUT2D eigenvalue weighted by molar-refractivity contribution is 5.92. The van der Waals surface area contributed by atoms with E-state index >= 15 is 0 Å². The van der Waals surface area contributed by atoms with Crippen LogP contribution in [0.2, 0.25) is 0 Å². The number of hydrogen-bond acceptors (Lipinski definition) is 2. The van der Waals surface area contributed by atoms with Crippen LogP contribution in [0.5, 0.6) is 0 Å². The van der Waals surface area contributed by atoms with Gasteiger partial charge in [-0.05, 0) is 29.7 Å². The van der Waals surface area contributed by atoms with Crippen molar-refractivity contribution in [3.8, 4) is 0 Å². The monoisotopic (exact) mass is 310 g/mol. The zero-order valence-electron chi connectivity index (χ0n) is 13.6. The highest BCUT2D eigenvalue weighted by Gasteiger charge is 2.07. The fourth-order valence-electron chi connectivity index (χ4n) is 2.27. The molecule has 0 atom stereocenters. The summed E-state index contributed by atoms with van der Waals surface area (Å²) in [5.74, 6) is 0.0567. The minimum atomic E-state index is -0.0438. The van der Waals surface area contributed by atoms with Gasteiger partial charge >= 0.3 is 0 Å². The van der Waals surface area contributed by atoms with Crippen LogP contribution in [0.1, 0.15) is 17.5 Å². The van der Waals surface area contributed by atoms with Crippen molar-refractivity contribution >= 4 is 17.5 Å². The summed E-state index contributed by atoms with van der Waals surface area (Å²) in [7, 11) is 3.51. The molecule has 0 saturated carbocycles. The summed E-state index contributed by atoms with van der Waals surface area (Å²) in [6, 6.07) is 17.3. The lowest BCUT2D eigenvalue weighted by atomic mass is 10.1. The number of nitrogens with zero attached hydrogens (tertiary/aromatic N) is 1. The van der Waals surface area contributed by atoms with Crippen molar-refractivity contribution in [2.45, 2.75) is 19.3 Å². The molecule has 2 aromatic carbocycles. The van der Waals surface area contributed by atoms with Gasteiger partial charge in [-0.3, -0.25) is 9.59 Å². The summed E-state index contributed by atoms with van der Waals surface area (Å²) in [6.45, 7) is 0. The average Bonchev–Trinajstić information content (AvgIpc) is 2.53. The van der Waals surface area contributed by atoms with E-state index < -0.39 is 0 Å². The van der Waals surface area contributed by atoms with E-state index in [1.165, 1.54) is 0 Å². The van der Waals surface area contributed by atoms with Crippen LogP contribution in [0, 0.1) is 0 Å². The van der Waals surface area contributed by atoms with Crippen LogP contribution in [0.25, 0.3) is 0 Å². The second kappa shape index (κ2) is 8.13. The predicted octanol–water partition coefficient (Wildman–Crippen LogP) is 2.89. The van der Waals surface area contributed by atoms with Crippen LogP contribution in [-0.4, -0.2) is 30.8 Å². The van der Waals surface area contributed by atoms with Gasteiger partial charge in [0, 0.05) is 26.2 Å². The van der Waals surface area contributed by atoms with E-state index in [2.05, 4.69) is 5.32 Å². The molecule has 2 aromatic rings. The van der Waals surface area contributed by atoms with Gasteiger partial charge in [0.25, 0.3) is 0 Å². The van der Waals surface area contributed by atoms with Gasteiger partial charge in [-0.15, -0.1) is 0 Å². The van der Waals surface area contributed by atoms with E-state index in [0.29, 0.717) is 19.3 Å². The molecular formula is C19H22N2O2. The molecule has 1 N–H and O–H groups in total. The molecule has 0 aliphatic rings. The molecule has 0 saturated heterocycles. The largest absolute Gasteiger partial charge is 0.349 e. The number of aryl methyl sites for hydroxylation is 1. The van der Waals surface area contributed by atoms with Gasteiger partial charge in [-0.1, -0.05) is 42.5 Å². The van der Waals surface area contributed by atoms with Gasteiger partial charge in [-0.25, -0.2) is 0 Å². The molecule has 0 bridgehead atoms. The molecule has 0 fully saturated rings. The Morgan fingerprint density at radius 2 is 1.65 bits per heavy atom. The average molecular weight is 310 g/mol. The molecule has 23 heavy (non-hydrogen) atoms. The summed E-state index contributed by atoms with van der Waals surface area (Å²) in [5.41, 5.74) is 2.79. The Balaban J connectivity index is 1.91. The molecule has 0 spiro atoms. The van der Waals surface area contributed by atoms with Gasteiger partial charge in [0.1, 0.15) is 0 Å². The Bertz CT molecular complexity index is 666. The molecule has 0 aliphatic heterocycles. The lowest BCUT2D eigenvalue weighted by molar-refractivity contribution is -0.128. The van der Waals surface area contributed by atoms with Gasteiger partial charge in [0.2, 0.25) is 11.8 Å². The van der Waals surface area contributed by atoms with Crippen LogP contribution in [0.15, 0.2) is 54.6 Å². The Labute approximate surface area is 137 Å². The van der Waals surface area contributed by atoms with Gasteiger partial charge < -0.3 is 10.2 Å². The minimum Gasteiger partial charge on any atom is -0.349 e. The summed E-state index contributed by atoms with van der Waals surface area (Å²) < 4.78 is 0. The van der Waals surface area contributed by atoms with Crippen LogP contribution in [0.4, 0.5) is 5.69 Å². The zero-order chi connectivity index (χ0) is 16.7.